The molecule has 0 aromatic heterocycles. The molecule has 1 rings (SSSR count). The summed E-state index contributed by atoms with van der Waals surface area (Å²) in [5, 5.41) is 0. The van der Waals surface area contributed by atoms with Crippen LogP contribution in [0.1, 0.15) is 50.7 Å². The van der Waals surface area contributed by atoms with Crippen LogP contribution in [0.2, 0.25) is 0 Å². The Morgan fingerprint density at radius 2 is 1.19 bits per heavy atom. The lowest BCUT2D eigenvalue weighted by atomic mass is 9.93. The fraction of sp³-hybridized carbons (Fsp3) is 0.500. The van der Waals surface area contributed by atoms with Crippen LogP contribution in [0.3, 0.4) is 0 Å². The zero-order valence-electron chi connectivity index (χ0n) is 12.0. The van der Waals surface area contributed by atoms with Crippen molar-refractivity contribution in [3.05, 3.63) is 29.3 Å². The summed E-state index contributed by atoms with van der Waals surface area (Å²) in [6.45, 7) is 6.65. The Morgan fingerprint density at radius 1 is 0.857 bits per heavy atom. The molecule has 1 aromatic rings. The van der Waals surface area contributed by atoms with Crippen molar-refractivity contribution >= 4 is 26.5 Å². The molecular formula is C12H17F2NO4S2. The first-order valence-electron chi connectivity index (χ1n) is 6.19. The quantitative estimate of drug-likeness (QED) is 0.771. The van der Waals surface area contributed by atoms with E-state index in [0.29, 0.717) is 0 Å². The SMILES string of the molecule is CC(C)c1cccc(C(C)C)c1N(S(=O)(=O)F)S(=O)(=O)F. The van der Waals surface area contributed by atoms with Crippen molar-refractivity contribution in [1.82, 2.24) is 0 Å². The highest BCUT2D eigenvalue weighted by Gasteiger charge is 2.38. The van der Waals surface area contributed by atoms with Gasteiger partial charge in [0.05, 0.1) is 5.69 Å². The highest BCUT2D eigenvalue weighted by molar-refractivity contribution is 8.05. The number of benzene rings is 1. The van der Waals surface area contributed by atoms with Crippen molar-refractivity contribution in [2.24, 2.45) is 0 Å². The van der Waals surface area contributed by atoms with Gasteiger partial charge in [0.2, 0.25) is 0 Å². The van der Waals surface area contributed by atoms with Gasteiger partial charge < -0.3 is 0 Å². The van der Waals surface area contributed by atoms with Crippen LogP contribution in [-0.4, -0.2) is 16.8 Å². The Labute approximate surface area is 124 Å². The molecule has 21 heavy (non-hydrogen) atoms. The summed E-state index contributed by atoms with van der Waals surface area (Å²) < 4.78 is 70.7. The first-order chi connectivity index (χ1) is 9.37. The predicted molar refractivity (Wildman–Crippen MR) is 77.2 cm³/mol. The number of halogens is 2. The van der Waals surface area contributed by atoms with Crippen molar-refractivity contribution in [2.75, 3.05) is 3.71 Å². The van der Waals surface area contributed by atoms with Crippen LogP contribution in [0, 0.1) is 0 Å². The smallest absolute Gasteiger partial charge is 0.170 e. The lowest BCUT2D eigenvalue weighted by molar-refractivity contribution is 0.536. The van der Waals surface area contributed by atoms with E-state index in [-0.39, 0.29) is 23.0 Å². The van der Waals surface area contributed by atoms with Crippen LogP contribution >= 0.6 is 0 Å². The molecule has 0 radical (unpaired) electrons. The topological polar surface area (TPSA) is 71.5 Å². The minimum Gasteiger partial charge on any atom is -0.170 e. The number of hydrogen-bond donors (Lipinski definition) is 0. The summed E-state index contributed by atoms with van der Waals surface area (Å²) in [7, 11) is -11.6. The van der Waals surface area contributed by atoms with Crippen molar-refractivity contribution in [1.29, 1.82) is 0 Å². The average molecular weight is 341 g/mol. The maximum absolute atomic E-state index is 13.4. The number of nitrogens with zero attached hydrogens (tertiary/aromatic N) is 1. The Balaban J connectivity index is 3.88. The van der Waals surface area contributed by atoms with E-state index in [1.807, 2.05) is 0 Å². The second-order valence-electron chi connectivity index (χ2n) is 5.18. The zero-order valence-corrected chi connectivity index (χ0v) is 13.7. The minimum atomic E-state index is -5.82. The van der Waals surface area contributed by atoms with Gasteiger partial charge in [-0.3, -0.25) is 0 Å². The monoisotopic (exact) mass is 341 g/mol. The van der Waals surface area contributed by atoms with E-state index in [1.165, 1.54) is 12.1 Å². The van der Waals surface area contributed by atoms with Gasteiger partial charge in [0.25, 0.3) is 0 Å². The highest BCUT2D eigenvalue weighted by Crippen LogP contribution is 2.38. The van der Waals surface area contributed by atoms with E-state index in [4.69, 9.17) is 0 Å². The molecule has 0 saturated heterocycles. The molecule has 0 spiro atoms. The first-order valence-corrected chi connectivity index (χ1v) is 8.88. The largest absolute Gasteiger partial charge is 0.414 e. The molecule has 5 nitrogen and oxygen atoms in total. The van der Waals surface area contributed by atoms with E-state index >= 15 is 0 Å². The van der Waals surface area contributed by atoms with Gasteiger partial charge >= 0.3 is 20.8 Å². The van der Waals surface area contributed by atoms with E-state index in [0.717, 1.165) is 0 Å². The highest BCUT2D eigenvalue weighted by atomic mass is 32.3. The molecule has 120 valence electrons. The van der Waals surface area contributed by atoms with Crippen molar-refractivity contribution in [3.63, 3.8) is 0 Å². The van der Waals surface area contributed by atoms with Gasteiger partial charge in [-0.25, -0.2) is 0 Å². The number of anilines is 1. The van der Waals surface area contributed by atoms with E-state index in [2.05, 4.69) is 0 Å². The molecule has 0 aliphatic rings. The molecule has 0 amide bonds. The standard InChI is InChI=1S/C12H17F2NO4S2/c1-8(2)10-6-5-7-11(9(3)4)12(10)15(20(13,16)17)21(14,18)19/h5-9H,1-4H3. The summed E-state index contributed by atoms with van der Waals surface area (Å²) >= 11 is 0. The van der Waals surface area contributed by atoms with Gasteiger partial charge in [0.1, 0.15) is 0 Å². The van der Waals surface area contributed by atoms with Gasteiger partial charge in [-0.05, 0) is 23.0 Å². The van der Waals surface area contributed by atoms with Crippen molar-refractivity contribution < 1.29 is 24.6 Å². The summed E-state index contributed by atoms with van der Waals surface area (Å²) in [5.74, 6) is -0.658. The molecule has 0 atom stereocenters. The predicted octanol–water partition coefficient (Wildman–Crippen LogP) is 3.17. The third kappa shape index (κ3) is 3.91. The number of para-hydroxylation sites is 1. The van der Waals surface area contributed by atoms with Crippen LogP contribution in [0.15, 0.2) is 18.2 Å². The van der Waals surface area contributed by atoms with Crippen molar-refractivity contribution in [2.45, 2.75) is 39.5 Å². The summed E-state index contributed by atoms with van der Waals surface area (Å²) in [6.07, 6.45) is 0. The van der Waals surface area contributed by atoms with Gasteiger partial charge in [0, 0.05) is 0 Å². The molecule has 9 heteroatoms. The second kappa shape index (κ2) is 5.88. The summed E-state index contributed by atoms with van der Waals surface area (Å²) in [6, 6.07) is 4.46. The van der Waals surface area contributed by atoms with E-state index in [1.54, 1.807) is 33.8 Å². The maximum Gasteiger partial charge on any atom is 0.414 e. The molecule has 0 N–H and O–H groups in total. The molecule has 1 aromatic carbocycles. The Kier molecular flexibility index (Phi) is 4.99. The summed E-state index contributed by atoms with van der Waals surface area (Å²) in [4.78, 5) is 0. The lowest BCUT2D eigenvalue weighted by Crippen LogP contribution is -2.33. The number of rotatable bonds is 5. The summed E-state index contributed by atoms with van der Waals surface area (Å²) in [5.41, 5.74) is -0.0280. The van der Waals surface area contributed by atoms with Gasteiger partial charge in [-0.2, -0.15) is 16.8 Å². The molecule has 0 aliphatic heterocycles. The number of hydrogen-bond acceptors (Lipinski definition) is 4. The Morgan fingerprint density at radius 3 is 1.43 bits per heavy atom. The Bertz CT molecular complexity index is 669. The van der Waals surface area contributed by atoms with Crippen LogP contribution in [0.5, 0.6) is 0 Å². The zero-order chi connectivity index (χ0) is 16.6. The van der Waals surface area contributed by atoms with Crippen molar-refractivity contribution in [3.8, 4) is 0 Å². The lowest BCUT2D eigenvalue weighted by Gasteiger charge is -2.24. The van der Waals surface area contributed by atoms with E-state index < -0.39 is 30.2 Å². The fourth-order valence-corrected chi connectivity index (χ4v) is 3.76. The minimum absolute atomic E-state index is 0.226. The molecular weight excluding hydrogens is 324 g/mol. The van der Waals surface area contributed by atoms with Gasteiger partial charge in [0.15, 0.2) is 0 Å². The molecule has 0 bridgehead atoms. The average Bonchev–Trinajstić information content (AvgIpc) is 2.24. The van der Waals surface area contributed by atoms with Crippen LogP contribution in [-0.2, 0) is 20.8 Å². The normalized spacial score (nSPS) is 13.0. The molecule has 0 fully saturated rings. The van der Waals surface area contributed by atoms with Crippen LogP contribution in [0.25, 0.3) is 0 Å². The molecule has 0 heterocycles. The fourth-order valence-electron chi connectivity index (χ4n) is 2.05. The Hall–Kier alpha value is -1.22. The molecule has 0 aliphatic carbocycles. The first kappa shape index (κ1) is 17.8. The third-order valence-electron chi connectivity index (χ3n) is 2.92. The second-order valence-corrected chi connectivity index (χ2v) is 7.79. The van der Waals surface area contributed by atoms with E-state index in [9.17, 15) is 24.6 Å². The van der Waals surface area contributed by atoms with Gasteiger partial charge in [-0.15, -0.1) is 3.71 Å². The third-order valence-corrected chi connectivity index (χ3v) is 5.15. The van der Waals surface area contributed by atoms with Gasteiger partial charge in [-0.1, -0.05) is 53.7 Å². The van der Waals surface area contributed by atoms with Crippen LogP contribution < -0.4 is 3.71 Å². The molecule has 0 saturated carbocycles. The molecule has 0 unspecified atom stereocenters. The maximum atomic E-state index is 13.4. The van der Waals surface area contributed by atoms with Crippen LogP contribution in [0.4, 0.5) is 13.5 Å².